The van der Waals surface area contributed by atoms with Gasteiger partial charge < -0.3 is 10.2 Å². The Balaban J connectivity index is 1.81. The number of thiocarbonyl (C=S) groups is 1. The minimum Gasteiger partial charge on any atom is -0.507 e. The zero-order valence-electron chi connectivity index (χ0n) is 12.7. The summed E-state index contributed by atoms with van der Waals surface area (Å²) in [6, 6.07) is 12.5. The van der Waals surface area contributed by atoms with Gasteiger partial charge in [-0.2, -0.15) is 5.01 Å². The van der Waals surface area contributed by atoms with E-state index in [1.165, 1.54) is 24.3 Å². The van der Waals surface area contributed by atoms with Crippen LogP contribution < -0.4 is 5.43 Å². The molecule has 0 spiro atoms. The number of thioether (sulfide) groups is 1. The molecule has 3 N–H and O–H groups in total. The number of hydrazine groups is 1. The first-order valence-electron chi connectivity index (χ1n) is 7.12. The van der Waals surface area contributed by atoms with Crippen molar-refractivity contribution in [3.05, 3.63) is 64.6 Å². The monoisotopic (exact) mass is 372 g/mol. The first-order valence-corrected chi connectivity index (χ1v) is 8.35. The molecule has 0 aliphatic carbocycles. The molecule has 0 bridgehead atoms. The van der Waals surface area contributed by atoms with Gasteiger partial charge in [-0.15, -0.1) is 0 Å². The Hall–Kier alpha value is -2.84. The summed E-state index contributed by atoms with van der Waals surface area (Å²) in [5, 5.41) is 20.5. The van der Waals surface area contributed by atoms with Crippen LogP contribution in [0.1, 0.15) is 15.9 Å². The van der Waals surface area contributed by atoms with Gasteiger partial charge in [-0.1, -0.05) is 42.1 Å². The fraction of sp³-hybridized carbons (Fsp3) is 0. The third-order valence-electron chi connectivity index (χ3n) is 3.38. The summed E-state index contributed by atoms with van der Waals surface area (Å²) in [6.07, 6.45) is 1.50. The Labute approximate surface area is 152 Å². The Morgan fingerprint density at radius 1 is 1.08 bits per heavy atom. The number of benzene rings is 2. The standard InChI is InChI=1S/C17H12N2O4S2/c20-12-7-3-1-5-10(12)9-14-16(23)19(17(24)25-14)18-15(22)11-6-2-4-8-13(11)21/h1-9,20-21H,(H,18,22). The van der Waals surface area contributed by atoms with Gasteiger partial charge in [-0.05, 0) is 36.5 Å². The number of hydrogen-bond donors (Lipinski definition) is 3. The third kappa shape index (κ3) is 3.49. The van der Waals surface area contributed by atoms with E-state index in [1.54, 1.807) is 30.3 Å². The van der Waals surface area contributed by atoms with Crippen molar-refractivity contribution in [2.24, 2.45) is 0 Å². The van der Waals surface area contributed by atoms with Crippen LogP contribution >= 0.6 is 24.0 Å². The number of carbonyl (C=O) groups is 2. The fourth-order valence-electron chi connectivity index (χ4n) is 2.14. The number of phenolic OH excluding ortho intramolecular Hbond substituents is 2. The number of para-hydroxylation sites is 2. The molecular weight excluding hydrogens is 360 g/mol. The van der Waals surface area contributed by atoms with E-state index in [1.807, 2.05) is 0 Å². The molecule has 25 heavy (non-hydrogen) atoms. The van der Waals surface area contributed by atoms with E-state index in [0.29, 0.717) is 5.56 Å². The van der Waals surface area contributed by atoms with E-state index in [-0.39, 0.29) is 26.3 Å². The van der Waals surface area contributed by atoms with Crippen molar-refractivity contribution in [2.75, 3.05) is 0 Å². The maximum atomic E-state index is 12.5. The number of carbonyl (C=O) groups excluding carboxylic acids is 2. The molecule has 126 valence electrons. The minimum atomic E-state index is -0.654. The number of phenols is 2. The van der Waals surface area contributed by atoms with Gasteiger partial charge >= 0.3 is 0 Å². The first kappa shape index (κ1) is 17.0. The Kier molecular flexibility index (Phi) is 4.73. The van der Waals surface area contributed by atoms with Crippen LogP contribution in [0.2, 0.25) is 0 Å². The minimum absolute atomic E-state index is 0.0289. The highest BCUT2D eigenvalue weighted by Crippen LogP contribution is 2.33. The maximum Gasteiger partial charge on any atom is 0.285 e. The Morgan fingerprint density at radius 2 is 1.72 bits per heavy atom. The fourth-order valence-corrected chi connectivity index (χ4v) is 3.31. The molecule has 3 rings (SSSR count). The van der Waals surface area contributed by atoms with Crippen LogP contribution in [0.5, 0.6) is 11.5 Å². The van der Waals surface area contributed by atoms with Crippen molar-refractivity contribution in [1.82, 2.24) is 10.4 Å². The molecule has 2 aromatic carbocycles. The molecule has 0 saturated carbocycles. The van der Waals surface area contributed by atoms with E-state index in [9.17, 15) is 19.8 Å². The molecule has 0 aromatic heterocycles. The van der Waals surface area contributed by atoms with Crippen molar-refractivity contribution in [3.8, 4) is 11.5 Å². The molecule has 0 unspecified atom stereocenters. The summed E-state index contributed by atoms with van der Waals surface area (Å²) < 4.78 is 0.149. The predicted octanol–water partition coefficient (Wildman–Crippen LogP) is 2.64. The quantitative estimate of drug-likeness (QED) is 0.567. The largest absolute Gasteiger partial charge is 0.507 e. The highest BCUT2D eigenvalue weighted by molar-refractivity contribution is 8.26. The van der Waals surface area contributed by atoms with Crippen molar-refractivity contribution in [2.45, 2.75) is 0 Å². The summed E-state index contributed by atoms with van der Waals surface area (Å²) in [6.45, 7) is 0. The van der Waals surface area contributed by atoms with E-state index in [2.05, 4.69) is 5.43 Å². The van der Waals surface area contributed by atoms with Gasteiger partial charge in [0.15, 0.2) is 4.32 Å². The number of amides is 2. The van der Waals surface area contributed by atoms with Crippen LogP contribution in [-0.4, -0.2) is 31.4 Å². The first-order chi connectivity index (χ1) is 12.0. The molecule has 8 heteroatoms. The third-order valence-corrected chi connectivity index (χ3v) is 4.68. The van der Waals surface area contributed by atoms with Crippen molar-refractivity contribution in [3.63, 3.8) is 0 Å². The van der Waals surface area contributed by atoms with Crippen LogP contribution in [0.4, 0.5) is 0 Å². The molecule has 6 nitrogen and oxygen atoms in total. The SMILES string of the molecule is O=C(NN1C(=O)C(=Cc2ccccc2O)SC1=S)c1ccccc1O. The van der Waals surface area contributed by atoms with Gasteiger partial charge in [0.2, 0.25) is 0 Å². The normalized spacial score (nSPS) is 15.7. The van der Waals surface area contributed by atoms with Crippen molar-refractivity contribution < 1.29 is 19.8 Å². The van der Waals surface area contributed by atoms with Crippen LogP contribution in [0.15, 0.2) is 53.4 Å². The highest BCUT2D eigenvalue weighted by atomic mass is 32.2. The number of hydrogen-bond acceptors (Lipinski definition) is 6. The summed E-state index contributed by atoms with van der Waals surface area (Å²) in [5.41, 5.74) is 2.88. The lowest BCUT2D eigenvalue weighted by Gasteiger charge is -2.16. The molecule has 1 aliphatic heterocycles. The zero-order chi connectivity index (χ0) is 18.0. The van der Waals surface area contributed by atoms with E-state index < -0.39 is 11.8 Å². The summed E-state index contributed by atoms with van der Waals surface area (Å²) >= 11 is 6.14. The van der Waals surface area contributed by atoms with Crippen LogP contribution in [-0.2, 0) is 4.79 Å². The van der Waals surface area contributed by atoms with E-state index in [0.717, 1.165) is 16.8 Å². The summed E-state index contributed by atoms with van der Waals surface area (Å²) in [5.74, 6) is -1.33. The van der Waals surface area contributed by atoms with Crippen LogP contribution in [0, 0.1) is 0 Å². The molecule has 1 heterocycles. The summed E-state index contributed by atoms with van der Waals surface area (Å²) in [7, 11) is 0. The van der Waals surface area contributed by atoms with Gasteiger partial charge in [0.1, 0.15) is 11.5 Å². The Morgan fingerprint density at radius 3 is 2.40 bits per heavy atom. The maximum absolute atomic E-state index is 12.5. The average molecular weight is 372 g/mol. The van der Waals surface area contributed by atoms with Crippen molar-refractivity contribution in [1.29, 1.82) is 0 Å². The lowest BCUT2D eigenvalue weighted by atomic mass is 10.2. The van der Waals surface area contributed by atoms with Crippen molar-refractivity contribution >= 4 is 46.2 Å². The second-order valence-electron chi connectivity index (χ2n) is 5.03. The molecular formula is C17H12N2O4S2. The topological polar surface area (TPSA) is 89.9 Å². The Bertz CT molecular complexity index is 911. The van der Waals surface area contributed by atoms with E-state index in [4.69, 9.17) is 12.2 Å². The van der Waals surface area contributed by atoms with Gasteiger partial charge in [-0.25, -0.2) is 0 Å². The van der Waals surface area contributed by atoms with Gasteiger partial charge in [-0.3, -0.25) is 15.0 Å². The van der Waals surface area contributed by atoms with Gasteiger partial charge in [0.25, 0.3) is 11.8 Å². The predicted molar refractivity (Wildman–Crippen MR) is 98.7 cm³/mol. The molecule has 1 saturated heterocycles. The number of aromatic hydroxyl groups is 2. The second-order valence-corrected chi connectivity index (χ2v) is 6.71. The lowest BCUT2D eigenvalue weighted by molar-refractivity contribution is -0.123. The number of nitrogens with one attached hydrogen (secondary N) is 1. The molecule has 0 radical (unpaired) electrons. The molecule has 1 fully saturated rings. The smallest absolute Gasteiger partial charge is 0.285 e. The molecule has 2 aromatic rings. The van der Waals surface area contributed by atoms with E-state index >= 15 is 0 Å². The molecule has 0 atom stereocenters. The number of rotatable bonds is 3. The average Bonchev–Trinajstić information content (AvgIpc) is 2.85. The lowest BCUT2D eigenvalue weighted by Crippen LogP contribution is -2.44. The number of nitrogens with zero attached hydrogens (tertiary/aromatic N) is 1. The summed E-state index contributed by atoms with van der Waals surface area (Å²) in [4.78, 5) is 25.0. The highest BCUT2D eigenvalue weighted by Gasteiger charge is 2.34. The molecule has 1 aliphatic rings. The zero-order valence-corrected chi connectivity index (χ0v) is 14.3. The van der Waals surface area contributed by atoms with Crippen LogP contribution in [0.25, 0.3) is 6.08 Å². The molecule has 2 amide bonds. The van der Waals surface area contributed by atoms with Crippen LogP contribution in [0.3, 0.4) is 0 Å². The second kappa shape index (κ2) is 6.96. The van der Waals surface area contributed by atoms with Gasteiger partial charge in [0.05, 0.1) is 10.5 Å². The van der Waals surface area contributed by atoms with Gasteiger partial charge in [0, 0.05) is 5.56 Å².